The van der Waals surface area contributed by atoms with E-state index in [1.165, 1.54) is 0 Å². The molecule has 0 saturated heterocycles. The van der Waals surface area contributed by atoms with E-state index in [4.69, 9.17) is 5.84 Å². The number of nitrogens with zero attached hydrogens (tertiary/aromatic N) is 3. The highest BCUT2D eigenvalue weighted by Gasteiger charge is 2.12. The van der Waals surface area contributed by atoms with Gasteiger partial charge >= 0.3 is 0 Å². The number of hydrogen-bond acceptors (Lipinski definition) is 5. The van der Waals surface area contributed by atoms with Gasteiger partial charge < -0.3 is 4.90 Å². The second-order valence-corrected chi connectivity index (χ2v) is 3.09. The lowest BCUT2D eigenvalue weighted by Gasteiger charge is -2.21. The molecule has 3 N–H and O–H groups in total. The van der Waals surface area contributed by atoms with Crippen LogP contribution in [0.3, 0.4) is 0 Å². The predicted molar refractivity (Wildman–Crippen MR) is 58.0 cm³/mol. The summed E-state index contributed by atoms with van der Waals surface area (Å²) in [6.07, 6.45) is 2.05. The Morgan fingerprint density at radius 1 is 1.53 bits per heavy atom. The maximum atomic E-state index is 13.4. The van der Waals surface area contributed by atoms with E-state index in [9.17, 15) is 4.39 Å². The third-order valence-corrected chi connectivity index (χ3v) is 2.03. The van der Waals surface area contributed by atoms with Gasteiger partial charge in [0, 0.05) is 13.1 Å². The van der Waals surface area contributed by atoms with E-state index in [0.29, 0.717) is 12.4 Å². The summed E-state index contributed by atoms with van der Waals surface area (Å²) in [5.74, 6) is 5.26. The van der Waals surface area contributed by atoms with Crippen molar-refractivity contribution < 1.29 is 4.39 Å². The summed E-state index contributed by atoms with van der Waals surface area (Å²) in [4.78, 5) is 9.51. The minimum absolute atomic E-state index is 0.223. The van der Waals surface area contributed by atoms with Crippen molar-refractivity contribution >= 4 is 11.8 Å². The molecular formula is C9H16FN5. The van der Waals surface area contributed by atoms with Crippen LogP contribution in [-0.4, -0.2) is 23.1 Å². The van der Waals surface area contributed by atoms with Crippen molar-refractivity contribution in [3.63, 3.8) is 0 Å². The highest BCUT2D eigenvalue weighted by atomic mass is 19.1. The topological polar surface area (TPSA) is 67.1 Å². The summed E-state index contributed by atoms with van der Waals surface area (Å²) in [6, 6.07) is 0. The summed E-state index contributed by atoms with van der Waals surface area (Å²) in [7, 11) is 0. The second kappa shape index (κ2) is 5.45. The van der Waals surface area contributed by atoms with Gasteiger partial charge in [0.05, 0.1) is 6.20 Å². The highest BCUT2D eigenvalue weighted by molar-refractivity contribution is 5.43. The zero-order valence-electron chi connectivity index (χ0n) is 9.00. The van der Waals surface area contributed by atoms with Crippen molar-refractivity contribution in [2.75, 3.05) is 23.4 Å². The Labute approximate surface area is 88.5 Å². The van der Waals surface area contributed by atoms with Gasteiger partial charge in [0.25, 0.3) is 0 Å². The van der Waals surface area contributed by atoms with Crippen molar-refractivity contribution in [3.05, 3.63) is 12.0 Å². The first kappa shape index (κ1) is 11.6. The fraction of sp³-hybridized carbons (Fsp3) is 0.556. The molecule has 5 nitrogen and oxygen atoms in total. The van der Waals surface area contributed by atoms with Gasteiger partial charge in [-0.25, -0.2) is 15.2 Å². The number of halogens is 1. The van der Waals surface area contributed by atoms with Gasteiger partial charge in [0.2, 0.25) is 5.95 Å². The van der Waals surface area contributed by atoms with Gasteiger partial charge in [-0.1, -0.05) is 6.92 Å². The zero-order chi connectivity index (χ0) is 11.3. The molecule has 0 radical (unpaired) electrons. The first-order valence-electron chi connectivity index (χ1n) is 4.97. The molecule has 1 aromatic heterocycles. The molecule has 0 bridgehead atoms. The second-order valence-electron chi connectivity index (χ2n) is 3.09. The molecule has 0 amide bonds. The molecule has 0 spiro atoms. The van der Waals surface area contributed by atoms with Gasteiger partial charge in [-0.2, -0.15) is 4.98 Å². The molecule has 0 aliphatic rings. The van der Waals surface area contributed by atoms with Crippen LogP contribution in [0.4, 0.5) is 16.2 Å². The normalized spacial score (nSPS) is 10.1. The predicted octanol–water partition coefficient (Wildman–Crippen LogP) is 1.14. The largest absolute Gasteiger partial charge is 0.354 e. The summed E-state index contributed by atoms with van der Waals surface area (Å²) in [5, 5.41) is 0. The lowest BCUT2D eigenvalue weighted by Crippen LogP contribution is -2.26. The van der Waals surface area contributed by atoms with E-state index >= 15 is 0 Å². The molecule has 0 atom stereocenters. The molecule has 84 valence electrons. The average Bonchev–Trinajstić information content (AvgIpc) is 2.27. The van der Waals surface area contributed by atoms with Crippen molar-refractivity contribution in [1.29, 1.82) is 0 Å². The van der Waals surface area contributed by atoms with Crippen LogP contribution >= 0.6 is 0 Å². The molecule has 0 aliphatic heterocycles. The Bertz CT molecular complexity index is 317. The number of nitrogen functional groups attached to an aromatic ring is 1. The van der Waals surface area contributed by atoms with Gasteiger partial charge in [-0.05, 0) is 13.3 Å². The summed E-state index contributed by atoms with van der Waals surface area (Å²) in [5.41, 5.74) is 2.30. The van der Waals surface area contributed by atoms with Gasteiger partial charge in [-0.3, -0.25) is 5.43 Å². The van der Waals surface area contributed by atoms with Crippen LogP contribution < -0.4 is 16.2 Å². The fourth-order valence-corrected chi connectivity index (χ4v) is 1.33. The molecule has 1 rings (SSSR count). The van der Waals surface area contributed by atoms with Crippen LogP contribution in [0.2, 0.25) is 0 Å². The van der Waals surface area contributed by atoms with Crippen LogP contribution in [-0.2, 0) is 0 Å². The van der Waals surface area contributed by atoms with Crippen LogP contribution in [0, 0.1) is 5.82 Å². The minimum atomic E-state index is -0.427. The van der Waals surface area contributed by atoms with Crippen molar-refractivity contribution in [2.24, 2.45) is 5.84 Å². The Morgan fingerprint density at radius 3 is 2.80 bits per heavy atom. The maximum Gasteiger partial charge on any atom is 0.239 e. The smallest absolute Gasteiger partial charge is 0.239 e. The quantitative estimate of drug-likeness (QED) is 0.567. The molecular weight excluding hydrogens is 197 g/mol. The molecule has 0 saturated carbocycles. The highest BCUT2D eigenvalue weighted by Crippen LogP contribution is 2.16. The maximum absolute atomic E-state index is 13.4. The molecule has 0 fully saturated rings. The van der Waals surface area contributed by atoms with E-state index in [0.717, 1.165) is 19.2 Å². The number of aromatic nitrogens is 2. The fourth-order valence-electron chi connectivity index (χ4n) is 1.33. The minimum Gasteiger partial charge on any atom is -0.354 e. The van der Waals surface area contributed by atoms with Crippen LogP contribution in [0.1, 0.15) is 20.3 Å². The van der Waals surface area contributed by atoms with Gasteiger partial charge in [0.1, 0.15) is 0 Å². The number of hydrogen-bond donors (Lipinski definition) is 2. The number of hydrazine groups is 1. The van der Waals surface area contributed by atoms with Crippen LogP contribution in [0.25, 0.3) is 0 Å². The summed E-state index contributed by atoms with van der Waals surface area (Å²) >= 11 is 0. The van der Waals surface area contributed by atoms with Crippen molar-refractivity contribution in [1.82, 2.24) is 9.97 Å². The van der Waals surface area contributed by atoms with Gasteiger partial charge in [0.15, 0.2) is 11.6 Å². The van der Waals surface area contributed by atoms with Crippen LogP contribution in [0.15, 0.2) is 6.20 Å². The van der Waals surface area contributed by atoms with Crippen molar-refractivity contribution in [3.8, 4) is 0 Å². The zero-order valence-corrected chi connectivity index (χ0v) is 9.00. The Kier molecular flexibility index (Phi) is 4.23. The number of rotatable bonds is 5. The summed E-state index contributed by atoms with van der Waals surface area (Å²) < 4.78 is 13.4. The molecule has 6 heteroatoms. The first-order valence-corrected chi connectivity index (χ1v) is 4.97. The Balaban J connectivity index is 2.98. The molecule has 15 heavy (non-hydrogen) atoms. The number of nitrogens with two attached hydrogens (primary N) is 1. The molecule has 1 aromatic rings. The average molecular weight is 213 g/mol. The van der Waals surface area contributed by atoms with E-state index in [1.54, 1.807) is 0 Å². The molecule has 0 aliphatic carbocycles. The molecule has 1 heterocycles. The van der Waals surface area contributed by atoms with E-state index in [1.807, 2.05) is 18.7 Å². The lowest BCUT2D eigenvalue weighted by molar-refractivity contribution is 0.602. The van der Waals surface area contributed by atoms with E-state index < -0.39 is 5.82 Å². The Hall–Kier alpha value is -1.43. The first-order chi connectivity index (χ1) is 7.22. The third kappa shape index (κ3) is 2.76. The molecule has 0 aromatic carbocycles. The SMILES string of the molecule is CCCN(CC)c1nc(NN)ncc1F. The van der Waals surface area contributed by atoms with E-state index in [2.05, 4.69) is 15.4 Å². The standard InChI is InChI=1S/C9H16FN5/c1-3-5-15(4-2)8-7(10)6-12-9(13-8)14-11/h6H,3-5,11H2,1-2H3,(H,12,13,14). The summed E-state index contributed by atoms with van der Waals surface area (Å²) in [6.45, 7) is 5.44. The van der Waals surface area contributed by atoms with Crippen LogP contribution in [0.5, 0.6) is 0 Å². The number of nitrogens with one attached hydrogen (secondary N) is 1. The monoisotopic (exact) mass is 213 g/mol. The van der Waals surface area contributed by atoms with Gasteiger partial charge in [-0.15, -0.1) is 0 Å². The Morgan fingerprint density at radius 2 is 2.27 bits per heavy atom. The molecule has 0 unspecified atom stereocenters. The third-order valence-electron chi connectivity index (χ3n) is 2.03. The number of anilines is 2. The van der Waals surface area contributed by atoms with Crippen molar-refractivity contribution in [2.45, 2.75) is 20.3 Å². The van der Waals surface area contributed by atoms with E-state index in [-0.39, 0.29) is 5.95 Å². The lowest BCUT2D eigenvalue weighted by atomic mass is 10.4.